The maximum Gasteiger partial charge on any atom is 0.0663 e. The van der Waals surface area contributed by atoms with Gasteiger partial charge >= 0.3 is 0 Å². The van der Waals surface area contributed by atoms with E-state index >= 15 is 0 Å². The predicted molar refractivity (Wildman–Crippen MR) is 76.1 cm³/mol. The molecule has 5 rings (SSSR count). The van der Waals surface area contributed by atoms with Gasteiger partial charge in [0.25, 0.3) is 0 Å². The number of hydrogen-bond donors (Lipinski definition) is 1. The molecule has 1 N–H and O–H groups in total. The molecule has 100 valence electrons. The van der Waals surface area contributed by atoms with Gasteiger partial charge in [0, 0.05) is 17.5 Å². The van der Waals surface area contributed by atoms with Gasteiger partial charge in [0.15, 0.2) is 0 Å². The summed E-state index contributed by atoms with van der Waals surface area (Å²) in [6.45, 7) is 0.812. The van der Waals surface area contributed by atoms with E-state index in [2.05, 4.69) is 30.3 Å². The topological polar surface area (TPSA) is 32.6 Å². The molecule has 2 nitrogen and oxygen atoms in total. The first kappa shape index (κ1) is 11.7. The molecule has 19 heavy (non-hydrogen) atoms. The summed E-state index contributed by atoms with van der Waals surface area (Å²) in [5, 5.41) is 10.6. The Bertz CT molecular complexity index is 489. The lowest BCUT2D eigenvalue weighted by Gasteiger charge is -2.54. The van der Waals surface area contributed by atoms with E-state index in [1.807, 2.05) is 0 Å². The predicted octanol–water partition coefficient (Wildman–Crippen LogP) is 3.20. The zero-order chi connectivity index (χ0) is 12.9. The van der Waals surface area contributed by atoms with Gasteiger partial charge in [0.2, 0.25) is 0 Å². The number of rotatable bonds is 2. The Balaban J connectivity index is 1.56. The zero-order valence-corrected chi connectivity index (χ0v) is 11.3. The molecular weight excluding hydrogens is 234 g/mol. The molecule has 2 unspecified atom stereocenters. The van der Waals surface area contributed by atoms with E-state index in [4.69, 9.17) is 4.99 Å². The Hall–Kier alpha value is -1.15. The summed E-state index contributed by atoms with van der Waals surface area (Å²) in [7, 11) is 0. The van der Waals surface area contributed by atoms with Crippen LogP contribution < -0.4 is 0 Å². The molecule has 2 atom stereocenters. The summed E-state index contributed by atoms with van der Waals surface area (Å²) in [5.74, 6) is 1.90. The maximum atomic E-state index is 10.6. The Labute approximate surface area is 114 Å². The van der Waals surface area contributed by atoms with Crippen LogP contribution in [0.4, 0.5) is 0 Å². The molecular formula is C17H21NO. The third-order valence-corrected chi connectivity index (χ3v) is 5.28. The molecule has 0 saturated heterocycles. The summed E-state index contributed by atoms with van der Waals surface area (Å²) in [6, 6.07) is 10.5. The van der Waals surface area contributed by atoms with Crippen LogP contribution in [0, 0.1) is 17.8 Å². The van der Waals surface area contributed by atoms with E-state index in [-0.39, 0.29) is 5.60 Å². The van der Waals surface area contributed by atoms with Gasteiger partial charge in [-0.15, -0.1) is 0 Å². The highest BCUT2D eigenvalue weighted by Crippen LogP contribution is 2.54. The highest BCUT2D eigenvalue weighted by Gasteiger charge is 2.53. The smallest absolute Gasteiger partial charge is 0.0663 e. The van der Waals surface area contributed by atoms with E-state index in [1.165, 1.54) is 24.1 Å². The third kappa shape index (κ3) is 2.02. The molecule has 0 spiro atoms. The summed E-state index contributed by atoms with van der Waals surface area (Å²) < 4.78 is 0. The summed E-state index contributed by atoms with van der Waals surface area (Å²) in [4.78, 5) is 4.93. The Morgan fingerprint density at radius 1 is 1.05 bits per heavy atom. The van der Waals surface area contributed by atoms with Crippen molar-refractivity contribution >= 4 is 5.71 Å². The second kappa shape index (κ2) is 4.17. The van der Waals surface area contributed by atoms with Gasteiger partial charge in [0.05, 0.1) is 12.1 Å². The highest BCUT2D eigenvalue weighted by molar-refractivity contribution is 5.91. The van der Waals surface area contributed by atoms with Crippen molar-refractivity contribution in [1.82, 2.24) is 0 Å². The van der Waals surface area contributed by atoms with E-state index in [1.54, 1.807) is 0 Å². The van der Waals surface area contributed by atoms with E-state index in [9.17, 15) is 5.11 Å². The molecule has 4 saturated carbocycles. The van der Waals surface area contributed by atoms with Gasteiger partial charge < -0.3 is 5.11 Å². The largest absolute Gasteiger partial charge is 0.390 e. The highest BCUT2D eigenvalue weighted by atomic mass is 16.3. The number of aliphatic imine (C=N–C) groups is 1. The summed E-state index contributed by atoms with van der Waals surface area (Å²) in [6.07, 6.45) is 5.52. The molecule has 4 aliphatic rings. The van der Waals surface area contributed by atoms with Crippen LogP contribution in [0.5, 0.6) is 0 Å². The molecule has 4 bridgehead atoms. The molecule has 4 fully saturated rings. The van der Waals surface area contributed by atoms with Crippen LogP contribution in [-0.2, 0) is 6.54 Å². The quantitative estimate of drug-likeness (QED) is 0.865. The van der Waals surface area contributed by atoms with Gasteiger partial charge in [-0.05, 0) is 43.6 Å². The number of hydrogen-bond acceptors (Lipinski definition) is 2. The Morgan fingerprint density at radius 3 is 2.37 bits per heavy atom. The number of aliphatic hydroxyl groups is 1. The third-order valence-electron chi connectivity index (χ3n) is 5.28. The van der Waals surface area contributed by atoms with Crippen molar-refractivity contribution in [3.8, 4) is 0 Å². The van der Waals surface area contributed by atoms with Crippen LogP contribution in [0.3, 0.4) is 0 Å². The van der Waals surface area contributed by atoms with Gasteiger partial charge in [-0.1, -0.05) is 30.3 Å². The monoisotopic (exact) mass is 255 g/mol. The van der Waals surface area contributed by atoms with Crippen molar-refractivity contribution in [2.45, 2.75) is 44.2 Å². The van der Waals surface area contributed by atoms with E-state index in [0.29, 0.717) is 11.8 Å². The SMILES string of the molecule is OC12CC3CC(C1)C(=NCc1ccccc1)C(C3)C2. The lowest BCUT2D eigenvalue weighted by Crippen LogP contribution is -2.55. The standard InChI is InChI=1S/C17H21NO/c19-17-8-13-6-14(9-17)16(15(7-13)10-17)18-11-12-4-2-1-3-5-12/h1-5,13-15,19H,6-11H2. The van der Waals surface area contributed by atoms with Crippen LogP contribution in [0.2, 0.25) is 0 Å². The van der Waals surface area contributed by atoms with Crippen molar-refractivity contribution in [2.75, 3.05) is 0 Å². The molecule has 4 aliphatic carbocycles. The summed E-state index contributed by atoms with van der Waals surface area (Å²) in [5.41, 5.74) is 2.37. The molecule has 0 heterocycles. The Morgan fingerprint density at radius 2 is 1.74 bits per heavy atom. The average molecular weight is 255 g/mol. The maximum absolute atomic E-state index is 10.6. The second-order valence-corrected chi connectivity index (χ2v) is 6.79. The lowest BCUT2D eigenvalue weighted by atomic mass is 9.53. The first-order valence-corrected chi connectivity index (χ1v) is 7.52. The van der Waals surface area contributed by atoms with Crippen LogP contribution in [0.15, 0.2) is 35.3 Å². The number of nitrogens with zero attached hydrogens (tertiary/aromatic N) is 1. The molecule has 0 amide bonds. The Kier molecular flexibility index (Phi) is 2.56. The van der Waals surface area contributed by atoms with Crippen LogP contribution in [0.1, 0.15) is 37.7 Å². The average Bonchev–Trinajstić information content (AvgIpc) is 2.37. The normalized spacial score (nSPS) is 39.6. The molecule has 0 aliphatic heterocycles. The van der Waals surface area contributed by atoms with E-state index in [0.717, 1.165) is 31.7 Å². The molecule has 2 heteroatoms. The van der Waals surface area contributed by atoms with Gasteiger partial charge in [-0.2, -0.15) is 0 Å². The zero-order valence-electron chi connectivity index (χ0n) is 11.3. The van der Waals surface area contributed by atoms with E-state index < -0.39 is 0 Å². The van der Waals surface area contributed by atoms with Crippen molar-refractivity contribution in [3.63, 3.8) is 0 Å². The first-order chi connectivity index (χ1) is 9.22. The van der Waals surface area contributed by atoms with Gasteiger partial charge in [-0.3, -0.25) is 4.99 Å². The van der Waals surface area contributed by atoms with Crippen molar-refractivity contribution < 1.29 is 5.11 Å². The fraction of sp³-hybridized carbons (Fsp3) is 0.588. The summed E-state index contributed by atoms with van der Waals surface area (Å²) >= 11 is 0. The van der Waals surface area contributed by atoms with Crippen molar-refractivity contribution in [3.05, 3.63) is 35.9 Å². The molecule has 0 aromatic heterocycles. The van der Waals surface area contributed by atoms with Crippen LogP contribution in [0.25, 0.3) is 0 Å². The molecule has 1 aromatic rings. The minimum atomic E-state index is -0.345. The molecule has 1 aromatic carbocycles. The number of benzene rings is 1. The fourth-order valence-corrected chi connectivity index (χ4v) is 4.75. The van der Waals surface area contributed by atoms with Gasteiger partial charge in [0.1, 0.15) is 0 Å². The fourth-order valence-electron chi connectivity index (χ4n) is 4.75. The van der Waals surface area contributed by atoms with Gasteiger partial charge in [-0.25, -0.2) is 0 Å². The minimum absolute atomic E-state index is 0.345. The van der Waals surface area contributed by atoms with Crippen molar-refractivity contribution in [1.29, 1.82) is 0 Å². The molecule has 0 radical (unpaired) electrons. The minimum Gasteiger partial charge on any atom is -0.390 e. The van der Waals surface area contributed by atoms with Crippen LogP contribution in [-0.4, -0.2) is 16.4 Å². The second-order valence-electron chi connectivity index (χ2n) is 6.79. The first-order valence-electron chi connectivity index (χ1n) is 7.52. The van der Waals surface area contributed by atoms with Crippen molar-refractivity contribution in [2.24, 2.45) is 22.7 Å². The van der Waals surface area contributed by atoms with Crippen LogP contribution >= 0.6 is 0 Å². The lowest BCUT2D eigenvalue weighted by molar-refractivity contribution is -0.0825.